The Kier molecular flexibility index (Phi) is 53.7. The summed E-state index contributed by atoms with van der Waals surface area (Å²) in [6.45, 7) is 6.70. The van der Waals surface area contributed by atoms with Gasteiger partial charge < -0.3 is 14.2 Å². The summed E-state index contributed by atoms with van der Waals surface area (Å²) in [6, 6.07) is 0. The van der Waals surface area contributed by atoms with Crippen LogP contribution in [-0.2, 0) is 28.6 Å². The third-order valence-corrected chi connectivity index (χ3v) is 13.6. The number of carbonyl (C=O) groups is 3. The van der Waals surface area contributed by atoms with E-state index in [4.69, 9.17) is 14.2 Å². The molecule has 0 amide bonds. The normalized spacial score (nSPS) is 11.9. The number of unbranched alkanes of at least 4 members (excludes halogenated alkanes) is 44. The van der Waals surface area contributed by atoms with Crippen molar-refractivity contribution in [1.82, 2.24) is 0 Å². The SMILES string of the molecule is CCCCCCCCCCCCCCCCCCCCC(=O)OC[C@H](COC(=O)CCCCCCCCCCCCC)OC(=O)CCCCCCCCCCCCCCCCCCCC. The van der Waals surface area contributed by atoms with Gasteiger partial charge >= 0.3 is 17.9 Å². The third kappa shape index (κ3) is 53.2. The maximum atomic E-state index is 12.8. The fraction of sp³-hybridized carbons (Fsp3) is 0.949. The largest absolute Gasteiger partial charge is 0.462 e. The minimum atomic E-state index is -0.761. The lowest BCUT2D eigenvalue weighted by Gasteiger charge is -2.18. The molecule has 1 atom stereocenters. The van der Waals surface area contributed by atoms with Crippen molar-refractivity contribution in [1.29, 1.82) is 0 Å². The van der Waals surface area contributed by atoms with Crippen molar-refractivity contribution in [2.45, 2.75) is 348 Å². The highest BCUT2D eigenvalue weighted by Crippen LogP contribution is 2.18. The Morgan fingerprint density at radius 1 is 0.246 bits per heavy atom. The van der Waals surface area contributed by atoms with Gasteiger partial charge in [-0.15, -0.1) is 0 Å². The molecule has 0 N–H and O–H groups in total. The Morgan fingerprint density at radius 3 is 0.615 bits per heavy atom. The fourth-order valence-corrected chi connectivity index (χ4v) is 9.15. The predicted octanol–water partition coefficient (Wildman–Crippen LogP) is 19.5. The highest BCUT2D eigenvalue weighted by molar-refractivity contribution is 5.71. The van der Waals surface area contributed by atoms with Gasteiger partial charge in [-0.3, -0.25) is 14.4 Å². The van der Waals surface area contributed by atoms with E-state index in [0.29, 0.717) is 19.3 Å². The first kappa shape index (κ1) is 63.4. The second kappa shape index (κ2) is 55.0. The van der Waals surface area contributed by atoms with E-state index in [1.54, 1.807) is 0 Å². The van der Waals surface area contributed by atoms with E-state index in [1.165, 1.54) is 244 Å². The molecule has 0 aliphatic rings. The minimum absolute atomic E-state index is 0.0610. The molecule has 0 aromatic carbocycles. The lowest BCUT2D eigenvalue weighted by atomic mass is 10.0. The Morgan fingerprint density at radius 2 is 0.415 bits per heavy atom. The van der Waals surface area contributed by atoms with Gasteiger partial charge in [0.1, 0.15) is 13.2 Å². The van der Waals surface area contributed by atoms with Gasteiger partial charge in [-0.1, -0.05) is 303 Å². The minimum Gasteiger partial charge on any atom is -0.462 e. The molecule has 0 rings (SSSR count). The molecule has 0 heterocycles. The molecular weight excluding hydrogens is 805 g/mol. The monoisotopic (exact) mass is 919 g/mol. The molecule has 0 aromatic rings. The van der Waals surface area contributed by atoms with E-state index in [9.17, 15) is 14.4 Å². The molecular formula is C59H114O6. The van der Waals surface area contributed by atoms with Crippen LogP contribution in [0.25, 0.3) is 0 Å². The number of hydrogen-bond donors (Lipinski definition) is 0. The number of esters is 3. The zero-order valence-corrected chi connectivity index (χ0v) is 44.3. The van der Waals surface area contributed by atoms with Crippen LogP contribution in [0.4, 0.5) is 0 Å². The average molecular weight is 920 g/mol. The summed E-state index contributed by atoms with van der Waals surface area (Å²) in [6.07, 6.45) is 61.0. The zero-order valence-electron chi connectivity index (χ0n) is 44.3. The maximum Gasteiger partial charge on any atom is 0.306 e. The first-order valence-electron chi connectivity index (χ1n) is 29.5. The third-order valence-electron chi connectivity index (χ3n) is 13.6. The van der Waals surface area contributed by atoms with Gasteiger partial charge in [0.2, 0.25) is 0 Å². The predicted molar refractivity (Wildman–Crippen MR) is 280 cm³/mol. The van der Waals surface area contributed by atoms with Crippen molar-refractivity contribution in [2.24, 2.45) is 0 Å². The molecule has 386 valence electrons. The summed E-state index contributed by atoms with van der Waals surface area (Å²) in [7, 11) is 0. The molecule has 6 heteroatoms. The average Bonchev–Trinajstić information content (AvgIpc) is 3.30. The highest BCUT2D eigenvalue weighted by Gasteiger charge is 2.19. The molecule has 0 unspecified atom stereocenters. The Balaban J connectivity index is 4.24. The molecule has 0 fully saturated rings. The molecule has 65 heavy (non-hydrogen) atoms. The topological polar surface area (TPSA) is 78.9 Å². The van der Waals surface area contributed by atoms with E-state index in [2.05, 4.69) is 20.8 Å². The summed E-state index contributed by atoms with van der Waals surface area (Å²) in [5, 5.41) is 0. The summed E-state index contributed by atoms with van der Waals surface area (Å²) < 4.78 is 16.9. The molecule has 0 aliphatic carbocycles. The van der Waals surface area contributed by atoms with Crippen LogP contribution in [0.2, 0.25) is 0 Å². The summed E-state index contributed by atoms with van der Waals surface area (Å²) in [5.74, 6) is -0.832. The number of rotatable bonds is 55. The van der Waals surface area contributed by atoms with Gasteiger partial charge in [0, 0.05) is 19.3 Å². The molecule has 0 radical (unpaired) electrons. The van der Waals surface area contributed by atoms with Gasteiger partial charge in [0.15, 0.2) is 6.10 Å². The Labute approximate surface area is 406 Å². The number of ether oxygens (including phenoxy) is 3. The maximum absolute atomic E-state index is 12.8. The molecule has 0 saturated heterocycles. The van der Waals surface area contributed by atoms with Crippen LogP contribution in [-0.4, -0.2) is 37.2 Å². The number of carbonyl (C=O) groups excluding carboxylic acids is 3. The smallest absolute Gasteiger partial charge is 0.306 e. The lowest BCUT2D eigenvalue weighted by Crippen LogP contribution is -2.30. The molecule has 0 bridgehead atoms. The molecule has 0 spiro atoms. The van der Waals surface area contributed by atoms with Gasteiger partial charge in [0.05, 0.1) is 0 Å². The standard InChI is InChI=1S/C59H114O6/c1-4-7-10-13-16-19-22-24-26-28-30-32-34-37-40-43-46-49-52-58(61)64-55-56(54-63-57(60)51-48-45-42-39-36-21-18-15-12-9-6-3)65-59(62)53-50-47-44-41-38-35-33-31-29-27-25-23-20-17-14-11-8-5-2/h56H,4-55H2,1-3H3/t56-/m0/s1. The zero-order chi connectivity index (χ0) is 47.2. The van der Waals surface area contributed by atoms with Crippen LogP contribution in [0, 0.1) is 0 Å². The second-order valence-corrected chi connectivity index (χ2v) is 20.3. The van der Waals surface area contributed by atoms with Crippen molar-refractivity contribution in [3.63, 3.8) is 0 Å². The second-order valence-electron chi connectivity index (χ2n) is 20.3. The fourth-order valence-electron chi connectivity index (χ4n) is 9.15. The van der Waals surface area contributed by atoms with Crippen molar-refractivity contribution in [2.75, 3.05) is 13.2 Å². The van der Waals surface area contributed by atoms with Crippen LogP contribution in [0.3, 0.4) is 0 Å². The summed E-state index contributed by atoms with van der Waals surface area (Å²) in [5.41, 5.74) is 0. The van der Waals surface area contributed by atoms with Crippen molar-refractivity contribution < 1.29 is 28.6 Å². The summed E-state index contributed by atoms with van der Waals surface area (Å²) >= 11 is 0. The highest BCUT2D eigenvalue weighted by atomic mass is 16.6. The first-order valence-corrected chi connectivity index (χ1v) is 29.5. The van der Waals surface area contributed by atoms with Crippen molar-refractivity contribution in [3.8, 4) is 0 Å². The van der Waals surface area contributed by atoms with Crippen molar-refractivity contribution in [3.05, 3.63) is 0 Å². The molecule has 0 saturated carbocycles. The van der Waals surface area contributed by atoms with E-state index >= 15 is 0 Å². The Bertz CT molecular complexity index is 967. The molecule has 6 nitrogen and oxygen atoms in total. The van der Waals surface area contributed by atoms with Gasteiger partial charge in [-0.25, -0.2) is 0 Å². The van der Waals surface area contributed by atoms with Crippen LogP contribution < -0.4 is 0 Å². The Hall–Kier alpha value is -1.59. The van der Waals surface area contributed by atoms with Gasteiger partial charge in [0.25, 0.3) is 0 Å². The van der Waals surface area contributed by atoms with E-state index < -0.39 is 6.10 Å². The van der Waals surface area contributed by atoms with E-state index in [0.717, 1.165) is 57.8 Å². The molecule has 0 aromatic heterocycles. The van der Waals surface area contributed by atoms with Crippen LogP contribution in [0.1, 0.15) is 342 Å². The van der Waals surface area contributed by atoms with E-state index in [1.807, 2.05) is 0 Å². The van der Waals surface area contributed by atoms with Crippen LogP contribution in [0.15, 0.2) is 0 Å². The van der Waals surface area contributed by atoms with Gasteiger partial charge in [-0.2, -0.15) is 0 Å². The quantitative estimate of drug-likeness (QED) is 0.0344. The first-order chi connectivity index (χ1) is 32.0. The number of hydrogen-bond acceptors (Lipinski definition) is 6. The summed E-state index contributed by atoms with van der Waals surface area (Å²) in [4.78, 5) is 38.1. The van der Waals surface area contributed by atoms with Crippen LogP contribution in [0.5, 0.6) is 0 Å². The van der Waals surface area contributed by atoms with E-state index in [-0.39, 0.29) is 31.1 Å². The lowest BCUT2D eigenvalue weighted by molar-refractivity contribution is -0.167. The molecule has 0 aliphatic heterocycles. The van der Waals surface area contributed by atoms with Crippen molar-refractivity contribution >= 4 is 17.9 Å². The van der Waals surface area contributed by atoms with Gasteiger partial charge in [-0.05, 0) is 19.3 Å². The van der Waals surface area contributed by atoms with Crippen LogP contribution >= 0.6 is 0 Å².